The molecule has 0 radical (unpaired) electrons. The summed E-state index contributed by atoms with van der Waals surface area (Å²) in [5.41, 5.74) is 12.8. The van der Waals surface area contributed by atoms with Crippen LogP contribution in [0.1, 0.15) is 37.8 Å². The van der Waals surface area contributed by atoms with Crippen LogP contribution in [0.3, 0.4) is 0 Å². The Kier molecular flexibility index (Phi) is 4.25. The number of sulfonamides is 1. The molecule has 0 fully saturated rings. The van der Waals surface area contributed by atoms with Crippen molar-refractivity contribution >= 4 is 15.9 Å². The SMILES string of the molecule is CCC(N)(CC)COc1cccc2c1C(N)=NS(=O)(=O)C2. The molecule has 6 nitrogen and oxygen atoms in total. The van der Waals surface area contributed by atoms with Crippen LogP contribution >= 0.6 is 0 Å². The van der Waals surface area contributed by atoms with Crippen LogP contribution in [-0.4, -0.2) is 26.4 Å². The fourth-order valence-electron chi connectivity index (χ4n) is 2.21. The van der Waals surface area contributed by atoms with Crippen molar-refractivity contribution in [3.8, 4) is 5.75 Å². The Bertz CT molecular complexity index is 664. The van der Waals surface area contributed by atoms with Crippen LogP contribution < -0.4 is 16.2 Å². The summed E-state index contributed by atoms with van der Waals surface area (Å²) >= 11 is 0. The first-order valence-electron chi connectivity index (χ1n) is 6.92. The van der Waals surface area contributed by atoms with Crippen molar-refractivity contribution in [2.75, 3.05) is 6.61 Å². The van der Waals surface area contributed by atoms with E-state index >= 15 is 0 Å². The lowest BCUT2D eigenvalue weighted by molar-refractivity contribution is 0.206. The normalized spacial score (nSPS) is 17.0. The molecule has 0 saturated heterocycles. The molecule has 1 aromatic carbocycles. The first-order valence-corrected chi connectivity index (χ1v) is 8.53. The highest BCUT2D eigenvalue weighted by Gasteiger charge is 2.27. The summed E-state index contributed by atoms with van der Waals surface area (Å²) in [5, 5.41) is 0. The quantitative estimate of drug-likeness (QED) is 0.847. The maximum absolute atomic E-state index is 11.6. The Morgan fingerprint density at radius 2 is 2.00 bits per heavy atom. The third kappa shape index (κ3) is 3.36. The monoisotopic (exact) mass is 311 g/mol. The molecule has 21 heavy (non-hydrogen) atoms. The maximum Gasteiger partial charge on any atom is 0.259 e. The molecular formula is C14H21N3O3S. The van der Waals surface area contributed by atoms with Crippen molar-refractivity contribution in [2.45, 2.75) is 38.0 Å². The number of nitrogens with two attached hydrogens (primary N) is 2. The Morgan fingerprint density at radius 3 is 2.62 bits per heavy atom. The number of amidine groups is 1. The van der Waals surface area contributed by atoms with E-state index in [1.807, 2.05) is 13.8 Å². The highest BCUT2D eigenvalue weighted by molar-refractivity contribution is 7.89. The van der Waals surface area contributed by atoms with Crippen molar-refractivity contribution in [3.63, 3.8) is 0 Å². The van der Waals surface area contributed by atoms with Gasteiger partial charge in [-0.2, -0.15) is 0 Å². The summed E-state index contributed by atoms with van der Waals surface area (Å²) < 4.78 is 32.6. The van der Waals surface area contributed by atoms with Gasteiger partial charge in [-0.1, -0.05) is 26.0 Å². The van der Waals surface area contributed by atoms with Crippen LogP contribution in [0.2, 0.25) is 0 Å². The molecule has 4 N–H and O–H groups in total. The van der Waals surface area contributed by atoms with E-state index in [1.54, 1.807) is 18.2 Å². The van der Waals surface area contributed by atoms with Crippen LogP contribution in [0.5, 0.6) is 5.75 Å². The largest absolute Gasteiger partial charge is 0.491 e. The predicted octanol–water partition coefficient (Wildman–Crippen LogP) is 1.13. The van der Waals surface area contributed by atoms with Crippen molar-refractivity contribution in [1.82, 2.24) is 0 Å². The average molecular weight is 311 g/mol. The van der Waals surface area contributed by atoms with Gasteiger partial charge in [-0.3, -0.25) is 0 Å². The van der Waals surface area contributed by atoms with E-state index in [9.17, 15) is 8.42 Å². The summed E-state index contributed by atoms with van der Waals surface area (Å²) in [7, 11) is -3.53. The van der Waals surface area contributed by atoms with Gasteiger partial charge in [0.25, 0.3) is 10.0 Å². The van der Waals surface area contributed by atoms with Crippen molar-refractivity contribution in [2.24, 2.45) is 15.9 Å². The summed E-state index contributed by atoms with van der Waals surface area (Å²) in [4.78, 5) is 0. The van der Waals surface area contributed by atoms with Gasteiger partial charge in [-0.05, 0) is 24.5 Å². The third-order valence-corrected chi connectivity index (χ3v) is 5.02. The first kappa shape index (κ1) is 15.8. The molecule has 0 atom stereocenters. The molecule has 1 aliphatic heterocycles. The van der Waals surface area contributed by atoms with E-state index < -0.39 is 15.6 Å². The molecule has 1 aliphatic rings. The van der Waals surface area contributed by atoms with Crippen LogP contribution in [-0.2, 0) is 15.8 Å². The molecular weight excluding hydrogens is 290 g/mol. The van der Waals surface area contributed by atoms with E-state index in [2.05, 4.69) is 4.40 Å². The van der Waals surface area contributed by atoms with Crippen LogP contribution in [0.25, 0.3) is 0 Å². The molecule has 0 unspecified atom stereocenters. The predicted molar refractivity (Wildman–Crippen MR) is 82.8 cm³/mol. The van der Waals surface area contributed by atoms with Crippen LogP contribution in [0, 0.1) is 0 Å². The maximum atomic E-state index is 11.6. The minimum absolute atomic E-state index is 0.0255. The lowest BCUT2D eigenvalue weighted by atomic mass is 9.95. The minimum atomic E-state index is -3.53. The van der Waals surface area contributed by atoms with E-state index in [0.29, 0.717) is 23.5 Å². The topological polar surface area (TPSA) is 108 Å². The zero-order valence-electron chi connectivity index (χ0n) is 12.3. The van der Waals surface area contributed by atoms with Crippen LogP contribution in [0.4, 0.5) is 0 Å². The van der Waals surface area contributed by atoms with Gasteiger partial charge in [-0.25, -0.2) is 8.42 Å². The summed E-state index contributed by atoms with van der Waals surface area (Å²) in [6.45, 7) is 4.36. The van der Waals surface area contributed by atoms with Gasteiger partial charge in [-0.15, -0.1) is 4.40 Å². The van der Waals surface area contributed by atoms with Gasteiger partial charge >= 0.3 is 0 Å². The smallest absolute Gasteiger partial charge is 0.259 e. The van der Waals surface area contributed by atoms with E-state index in [1.165, 1.54) is 0 Å². The average Bonchev–Trinajstić information content (AvgIpc) is 2.43. The summed E-state index contributed by atoms with van der Waals surface area (Å²) in [5.74, 6) is 0.345. The molecule has 1 heterocycles. The van der Waals surface area contributed by atoms with Gasteiger partial charge in [0.15, 0.2) is 0 Å². The molecule has 0 bridgehead atoms. The minimum Gasteiger partial charge on any atom is -0.491 e. The molecule has 0 aliphatic carbocycles. The third-order valence-electron chi connectivity index (χ3n) is 3.87. The lowest BCUT2D eigenvalue weighted by Gasteiger charge is -2.27. The molecule has 2 rings (SSSR count). The fourth-order valence-corrected chi connectivity index (χ4v) is 3.30. The van der Waals surface area contributed by atoms with Crippen molar-refractivity contribution in [1.29, 1.82) is 0 Å². The van der Waals surface area contributed by atoms with Gasteiger partial charge in [0.1, 0.15) is 18.2 Å². The molecule has 0 saturated carbocycles. The number of fused-ring (bicyclic) bond motifs is 1. The fraction of sp³-hybridized carbons (Fsp3) is 0.500. The standard InChI is InChI=1S/C14H21N3O3S/c1-3-14(16,4-2)9-20-11-7-5-6-10-8-21(18,19)17-13(15)12(10)11/h5-7H,3-4,8-9,16H2,1-2H3,(H2,15,17). The Balaban J connectivity index is 2.32. The summed E-state index contributed by atoms with van der Waals surface area (Å²) in [6.07, 6.45) is 1.58. The second kappa shape index (κ2) is 5.65. The molecule has 0 spiro atoms. The van der Waals surface area contributed by atoms with Gasteiger partial charge < -0.3 is 16.2 Å². The number of rotatable bonds is 5. The number of hydrogen-bond donors (Lipinski definition) is 2. The van der Waals surface area contributed by atoms with Crippen LogP contribution in [0.15, 0.2) is 22.6 Å². The van der Waals surface area contributed by atoms with Gasteiger partial charge in [0.2, 0.25) is 0 Å². The lowest BCUT2D eigenvalue weighted by Crippen LogP contribution is -2.44. The first-order chi connectivity index (χ1) is 9.80. The number of hydrogen-bond acceptors (Lipinski definition) is 5. The molecule has 7 heteroatoms. The Morgan fingerprint density at radius 1 is 1.33 bits per heavy atom. The second-order valence-corrected chi connectivity index (χ2v) is 6.99. The number of benzene rings is 1. The molecule has 116 valence electrons. The van der Waals surface area contributed by atoms with Gasteiger partial charge in [0, 0.05) is 5.54 Å². The highest BCUT2D eigenvalue weighted by Crippen LogP contribution is 2.28. The molecule has 0 amide bonds. The second-order valence-electron chi connectivity index (χ2n) is 5.35. The summed E-state index contributed by atoms with van der Waals surface area (Å²) in [6, 6.07) is 5.22. The highest BCUT2D eigenvalue weighted by atomic mass is 32.2. The molecule has 1 aromatic rings. The number of ether oxygens (including phenoxy) is 1. The van der Waals surface area contributed by atoms with Crippen molar-refractivity contribution < 1.29 is 13.2 Å². The van der Waals surface area contributed by atoms with E-state index in [4.69, 9.17) is 16.2 Å². The van der Waals surface area contributed by atoms with Gasteiger partial charge in [0.05, 0.1) is 11.3 Å². The van der Waals surface area contributed by atoms with Crippen molar-refractivity contribution in [3.05, 3.63) is 29.3 Å². The Labute approximate surface area is 125 Å². The molecule has 0 aromatic heterocycles. The zero-order chi connectivity index (χ0) is 15.7. The Hall–Kier alpha value is -1.60. The zero-order valence-corrected chi connectivity index (χ0v) is 13.1. The van der Waals surface area contributed by atoms with E-state index in [-0.39, 0.29) is 11.6 Å². The van der Waals surface area contributed by atoms with E-state index in [0.717, 1.165) is 12.8 Å². The number of nitrogens with zero attached hydrogens (tertiary/aromatic N) is 1.